The number of nitrogens with one attached hydrogen (secondary N) is 1. The first-order valence-electron chi connectivity index (χ1n) is 7.29. The lowest BCUT2D eigenvalue weighted by atomic mass is 9.97. The van der Waals surface area contributed by atoms with Gasteiger partial charge in [0, 0.05) is 17.8 Å². The first kappa shape index (κ1) is 13.7. The molecule has 3 heteroatoms. The highest BCUT2D eigenvalue weighted by Crippen LogP contribution is 2.27. The summed E-state index contributed by atoms with van der Waals surface area (Å²) in [6.45, 7) is 5.10. The third-order valence-corrected chi connectivity index (χ3v) is 3.63. The molecule has 0 aliphatic heterocycles. The summed E-state index contributed by atoms with van der Waals surface area (Å²) in [6, 6.07) is 14.6. The monoisotopic (exact) mass is 277 g/mol. The summed E-state index contributed by atoms with van der Waals surface area (Å²) in [5.41, 5.74) is 4.51. The summed E-state index contributed by atoms with van der Waals surface area (Å²) in [5, 5.41) is 4.72. The molecule has 0 aliphatic rings. The Labute approximate surface area is 125 Å². The second-order valence-corrected chi connectivity index (χ2v) is 5.17. The van der Waals surface area contributed by atoms with Gasteiger partial charge < -0.3 is 5.32 Å². The van der Waals surface area contributed by atoms with E-state index < -0.39 is 0 Å². The second-order valence-electron chi connectivity index (χ2n) is 5.17. The van der Waals surface area contributed by atoms with Crippen molar-refractivity contribution in [3.63, 3.8) is 0 Å². The number of aryl methyl sites for hydroxylation is 1. The van der Waals surface area contributed by atoms with Crippen molar-refractivity contribution in [2.24, 2.45) is 0 Å². The minimum Gasteiger partial charge on any atom is -0.305 e. The molecule has 2 heterocycles. The summed E-state index contributed by atoms with van der Waals surface area (Å²) in [6.07, 6.45) is 3.71. The Morgan fingerprint density at radius 2 is 1.95 bits per heavy atom. The van der Waals surface area contributed by atoms with Gasteiger partial charge in [0.1, 0.15) is 0 Å². The van der Waals surface area contributed by atoms with Crippen LogP contribution in [0.3, 0.4) is 0 Å². The normalized spacial score (nSPS) is 12.5. The molecule has 0 spiro atoms. The van der Waals surface area contributed by atoms with E-state index in [2.05, 4.69) is 53.4 Å². The molecule has 1 unspecified atom stereocenters. The molecular weight excluding hydrogens is 258 g/mol. The number of aromatic nitrogens is 2. The molecule has 0 fully saturated rings. The molecular formula is C18H19N3. The van der Waals surface area contributed by atoms with Crippen LogP contribution in [0.4, 0.5) is 0 Å². The maximum absolute atomic E-state index is 4.56. The fraction of sp³-hybridized carbons (Fsp3) is 0.222. The quantitative estimate of drug-likeness (QED) is 0.791. The molecule has 0 bridgehead atoms. The minimum absolute atomic E-state index is 0.0859. The molecule has 1 atom stereocenters. The van der Waals surface area contributed by atoms with E-state index in [0.29, 0.717) is 0 Å². The summed E-state index contributed by atoms with van der Waals surface area (Å²) in [4.78, 5) is 9.01. The van der Waals surface area contributed by atoms with Crippen LogP contribution in [0.15, 0.2) is 54.9 Å². The maximum Gasteiger partial charge on any atom is 0.0758 e. The van der Waals surface area contributed by atoms with Crippen LogP contribution in [-0.2, 0) is 0 Å². The molecule has 0 amide bonds. The van der Waals surface area contributed by atoms with Crippen LogP contribution in [-0.4, -0.2) is 16.5 Å². The van der Waals surface area contributed by atoms with Crippen LogP contribution in [0.2, 0.25) is 0 Å². The third kappa shape index (κ3) is 2.78. The van der Waals surface area contributed by atoms with Gasteiger partial charge in [-0.05, 0) is 48.9 Å². The number of fused-ring (bicyclic) bond motifs is 1. The van der Waals surface area contributed by atoms with Gasteiger partial charge >= 0.3 is 0 Å². The van der Waals surface area contributed by atoms with Crippen LogP contribution in [0.25, 0.3) is 10.9 Å². The molecule has 21 heavy (non-hydrogen) atoms. The van der Waals surface area contributed by atoms with Crippen molar-refractivity contribution in [2.45, 2.75) is 19.9 Å². The van der Waals surface area contributed by atoms with Gasteiger partial charge in [0.2, 0.25) is 0 Å². The van der Waals surface area contributed by atoms with E-state index in [1.807, 2.05) is 30.6 Å². The van der Waals surface area contributed by atoms with Crippen LogP contribution >= 0.6 is 0 Å². The predicted octanol–water partition coefficient (Wildman–Crippen LogP) is 3.64. The molecule has 3 aromatic rings. The molecule has 0 aliphatic carbocycles. The molecule has 0 radical (unpaired) electrons. The lowest BCUT2D eigenvalue weighted by Crippen LogP contribution is -2.23. The summed E-state index contributed by atoms with van der Waals surface area (Å²) in [7, 11) is 0. The Bertz CT molecular complexity index is 747. The van der Waals surface area contributed by atoms with Gasteiger partial charge in [-0.15, -0.1) is 0 Å². The highest BCUT2D eigenvalue weighted by atomic mass is 14.9. The van der Waals surface area contributed by atoms with Crippen LogP contribution < -0.4 is 5.32 Å². The SMILES string of the molecule is CCNC(c1cc(C)ccn1)c1cccc2ncccc12. The number of benzene rings is 1. The highest BCUT2D eigenvalue weighted by molar-refractivity contribution is 5.82. The summed E-state index contributed by atoms with van der Waals surface area (Å²) >= 11 is 0. The number of pyridine rings is 2. The van der Waals surface area contributed by atoms with E-state index in [9.17, 15) is 0 Å². The molecule has 3 nitrogen and oxygen atoms in total. The lowest BCUT2D eigenvalue weighted by Gasteiger charge is -2.20. The number of rotatable bonds is 4. The Morgan fingerprint density at radius 3 is 2.76 bits per heavy atom. The van der Waals surface area contributed by atoms with E-state index in [4.69, 9.17) is 0 Å². The molecule has 1 N–H and O–H groups in total. The standard InChI is InChI=1S/C18H19N3/c1-3-19-18(17-12-13(2)9-11-21-17)15-6-4-8-16-14(15)7-5-10-20-16/h4-12,18-19H,3H2,1-2H3. The van der Waals surface area contributed by atoms with Crippen LogP contribution in [0.5, 0.6) is 0 Å². The zero-order valence-electron chi connectivity index (χ0n) is 12.4. The highest BCUT2D eigenvalue weighted by Gasteiger charge is 2.17. The molecule has 0 saturated carbocycles. The van der Waals surface area contributed by atoms with Crippen molar-refractivity contribution in [3.8, 4) is 0 Å². The summed E-state index contributed by atoms with van der Waals surface area (Å²) < 4.78 is 0. The lowest BCUT2D eigenvalue weighted by molar-refractivity contribution is 0.618. The number of hydrogen-bond acceptors (Lipinski definition) is 3. The predicted molar refractivity (Wildman–Crippen MR) is 86.2 cm³/mol. The van der Waals surface area contributed by atoms with Gasteiger partial charge in [0.25, 0.3) is 0 Å². The summed E-state index contributed by atoms with van der Waals surface area (Å²) in [5.74, 6) is 0. The van der Waals surface area contributed by atoms with Crippen LogP contribution in [0.1, 0.15) is 29.8 Å². The van der Waals surface area contributed by atoms with E-state index in [-0.39, 0.29) is 6.04 Å². The van der Waals surface area contributed by atoms with Gasteiger partial charge in [-0.3, -0.25) is 9.97 Å². The van der Waals surface area contributed by atoms with Crippen LogP contribution in [0, 0.1) is 6.92 Å². The number of nitrogens with zero attached hydrogens (tertiary/aromatic N) is 2. The zero-order valence-corrected chi connectivity index (χ0v) is 12.4. The van der Waals surface area contributed by atoms with E-state index in [0.717, 1.165) is 17.8 Å². The zero-order chi connectivity index (χ0) is 14.7. The van der Waals surface area contributed by atoms with Gasteiger partial charge in [0.05, 0.1) is 17.3 Å². The smallest absolute Gasteiger partial charge is 0.0758 e. The Balaban J connectivity index is 2.16. The van der Waals surface area contributed by atoms with Crippen molar-refractivity contribution in [1.29, 1.82) is 0 Å². The maximum atomic E-state index is 4.56. The van der Waals surface area contributed by atoms with Crippen molar-refractivity contribution >= 4 is 10.9 Å². The Kier molecular flexibility index (Phi) is 3.93. The van der Waals surface area contributed by atoms with Crippen molar-refractivity contribution in [1.82, 2.24) is 15.3 Å². The average molecular weight is 277 g/mol. The van der Waals surface area contributed by atoms with E-state index in [1.54, 1.807) is 0 Å². The topological polar surface area (TPSA) is 37.8 Å². The first-order valence-corrected chi connectivity index (χ1v) is 7.29. The largest absolute Gasteiger partial charge is 0.305 e. The fourth-order valence-electron chi connectivity index (χ4n) is 2.67. The van der Waals surface area contributed by atoms with Gasteiger partial charge in [-0.1, -0.05) is 25.1 Å². The molecule has 1 aromatic carbocycles. The first-order chi connectivity index (χ1) is 10.3. The molecule has 0 saturated heterocycles. The Hall–Kier alpha value is -2.26. The van der Waals surface area contributed by atoms with Gasteiger partial charge in [-0.2, -0.15) is 0 Å². The van der Waals surface area contributed by atoms with E-state index >= 15 is 0 Å². The Morgan fingerprint density at radius 1 is 1.05 bits per heavy atom. The van der Waals surface area contributed by atoms with Crippen molar-refractivity contribution in [2.75, 3.05) is 6.54 Å². The minimum atomic E-state index is 0.0859. The second kappa shape index (κ2) is 6.02. The van der Waals surface area contributed by atoms with Gasteiger partial charge in [0.15, 0.2) is 0 Å². The third-order valence-electron chi connectivity index (χ3n) is 3.63. The van der Waals surface area contributed by atoms with E-state index in [1.165, 1.54) is 16.5 Å². The van der Waals surface area contributed by atoms with Crippen molar-refractivity contribution < 1.29 is 0 Å². The molecule has 3 rings (SSSR count). The number of hydrogen-bond donors (Lipinski definition) is 1. The molecule has 106 valence electrons. The molecule has 2 aromatic heterocycles. The van der Waals surface area contributed by atoms with Crippen molar-refractivity contribution in [3.05, 3.63) is 71.7 Å². The van der Waals surface area contributed by atoms with Gasteiger partial charge in [-0.25, -0.2) is 0 Å². The fourth-order valence-corrected chi connectivity index (χ4v) is 2.67. The average Bonchev–Trinajstić information content (AvgIpc) is 2.52.